The normalized spacial score (nSPS) is 15.3. The number of rotatable bonds is 2. The van der Waals surface area contributed by atoms with E-state index in [1.807, 2.05) is 20.8 Å². The molecule has 0 aliphatic heterocycles. The third-order valence-electron chi connectivity index (χ3n) is 3.04. The number of hydrogen-bond acceptors (Lipinski definition) is 4. The number of hydrogen-bond donors (Lipinski definition) is 2. The smallest absolute Gasteiger partial charge is 0.406 e. The molecule has 1 aliphatic carbocycles. The van der Waals surface area contributed by atoms with Gasteiger partial charge in [0.2, 0.25) is 0 Å². The van der Waals surface area contributed by atoms with Crippen LogP contribution in [0.4, 0.5) is 4.79 Å². The van der Waals surface area contributed by atoms with Crippen LogP contribution in [-0.2, 0) is 0 Å². The van der Waals surface area contributed by atoms with Gasteiger partial charge in [0.25, 0.3) is 0 Å². The molecule has 2 aromatic rings. The summed E-state index contributed by atoms with van der Waals surface area (Å²) in [4.78, 5) is 23.6. The van der Waals surface area contributed by atoms with Crippen LogP contribution in [0, 0.1) is 0 Å². The zero-order chi connectivity index (χ0) is 14.3. The third kappa shape index (κ3) is 2.74. The number of carbonyl (C=O) groups excluding carboxylic acids is 1. The number of carbonyl (C=O) groups is 1. The summed E-state index contributed by atoms with van der Waals surface area (Å²) in [5, 5.41) is 2.75. The molecule has 106 valence electrons. The Bertz CT molecular complexity index is 653. The summed E-state index contributed by atoms with van der Waals surface area (Å²) in [5.74, 6) is 0.926. The first-order valence-corrected chi connectivity index (χ1v) is 6.76. The van der Waals surface area contributed by atoms with Crippen molar-refractivity contribution in [2.75, 3.05) is 0 Å². The minimum absolute atomic E-state index is 0.339. The van der Waals surface area contributed by atoms with Crippen molar-refractivity contribution in [1.29, 1.82) is 0 Å². The van der Waals surface area contributed by atoms with Crippen molar-refractivity contribution >= 4 is 17.3 Å². The number of ether oxygens (including phenoxy) is 1. The van der Waals surface area contributed by atoms with Crippen molar-refractivity contribution in [3.8, 4) is 5.75 Å². The van der Waals surface area contributed by atoms with Gasteiger partial charge in [-0.15, -0.1) is 0 Å². The molecule has 0 unspecified atom stereocenters. The summed E-state index contributed by atoms with van der Waals surface area (Å²) in [6.45, 7) is 5.69. The predicted octanol–water partition coefficient (Wildman–Crippen LogP) is 2.72. The molecule has 2 N–H and O–H groups in total. The van der Waals surface area contributed by atoms with Gasteiger partial charge in [0.05, 0.1) is 11.9 Å². The number of fused-ring (bicyclic) bond motifs is 1. The van der Waals surface area contributed by atoms with Gasteiger partial charge in [0.1, 0.15) is 0 Å². The molecule has 0 radical (unpaired) electrons. The van der Waals surface area contributed by atoms with Crippen LogP contribution in [0.5, 0.6) is 5.75 Å². The van der Waals surface area contributed by atoms with Crippen LogP contribution >= 0.6 is 0 Å². The van der Waals surface area contributed by atoms with E-state index in [0.717, 1.165) is 18.5 Å². The fraction of sp³-hybridized carbons (Fsp3) is 0.500. The van der Waals surface area contributed by atoms with Crippen LogP contribution < -0.4 is 10.1 Å². The molecule has 3 rings (SSSR count). The van der Waals surface area contributed by atoms with Crippen molar-refractivity contribution in [2.45, 2.75) is 45.1 Å². The zero-order valence-corrected chi connectivity index (χ0v) is 11.9. The SMILES string of the molecule is CC(C)(C)NC(=O)Oc1c[nH]c2ncc(C3CC3)nc12. The molecule has 1 amide bonds. The Balaban J connectivity index is 1.84. The van der Waals surface area contributed by atoms with Crippen LogP contribution in [0.2, 0.25) is 0 Å². The molecule has 20 heavy (non-hydrogen) atoms. The number of H-pyrrole nitrogens is 1. The van der Waals surface area contributed by atoms with Crippen LogP contribution in [0.3, 0.4) is 0 Å². The Hall–Kier alpha value is -2.11. The van der Waals surface area contributed by atoms with E-state index in [9.17, 15) is 4.79 Å². The summed E-state index contributed by atoms with van der Waals surface area (Å²) in [6, 6.07) is 0. The van der Waals surface area contributed by atoms with Gasteiger partial charge in [-0.25, -0.2) is 14.8 Å². The Labute approximate surface area is 117 Å². The number of nitrogens with zero attached hydrogens (tertiary/aromatic N) is 2. The topological polar surface area (TPSA) is 79.9 Å². The van der Waals surface area contributed by atoms with Crippen molar-refractivity contribution in [3.05, 3.63) is 18.1 Å². The fourth-order valence-electron chi connectivity index (χ4n) is 1.97. The van der Waals surface area contributed by atoms with E-state index in [1.165, 1.54) is 0 Å². The highest BCUT2D eigenvalue weighted by molar-refractivity contribution is 5.82. The van der Waals surface area contributed by atoms with E-state index in [1.54, 1.807) is 12.4 Å². The molecule has 0 saturated heterocycles. The average molecular weight is 274 g/mol. The van der Waals surface area contributed by atoms with Crippen LogP contribution in [0.1, 0.15) is 45.2 Å². The molecule has 6 nitrogen and oxygen atoms in total. The lowest BCUT2D eigenvalue weighted by Gasteiger charge is -2.19. The molecular formula is C14H18N4O2. The largest absolute Gasteiger partial charge is 0.413 e. The fourth-order valence-corrected chi connectivity index (χ4v) is 1.97. The highest BCUT2D eigenvalue weighted by Gasteiger charge is 2.26. The van der Waals surface area contributed by atoms with Crippen molar-refractivity contribution < 1.29 is 9.53 Å². The first kappa shape index (κ1) is 12.9. The maximum Gasteiger partial charge on any atom is 0.413 e. The maximum atomic E-state index is 11.8. The molecule has 0 spiro atoms. The zero-order valence-electron chi connectivity index (χ0n) is 11.9. The van der Waals surface area contributed by atoms with Gasteiger partial charge in [-0.05, 0) is 33.6 Å². The van der Waals surface area contributed by atoms with Gasteiger partial charge < -0.3 is 15.0 Å². The Morgan fingerprint density at radius 1 is 1.45 bits per heavy atom. The first-order chi connectivity index (χ1) is 9.42. The first-order valence-electron chi connectivity index (χ1n) is 6.76. The Morgan fingerprint density at radius 2 is 2.20 bits per heavy atom. The average Bonchev–Trinajstić information content (AvgIpc) is 3.11. The van der Waals surface area contributed by atoms with E-state index >= 15 is 0 Å². The number of amides is 1. The molecule has 2 heterocycles. The maximum absolute atomic E-state index is 11.8. The quantitative estimate of drug-likeness (QED) is 0.882. The minimum Gasteiger partial charge on any atom is -0.406 e. The highest BCUT2D eigenvalue weighted by Crippen LogP contribution is 2.39. The molecule has 6 heteroatoms. The number of aromatic amines is 1. The standard InChI is InChI=1S/C14H18N4O2/c1-14(2,3)18-13(19)20-10-7-16-12-11(10)17-9(6-15-12)8-4-5-8/h6-8H,4-5H2,1-3H3,(H,15,16)(H,18,19). The summed E-state index contributed by atoms with van der Waals surface area (Å²) in [5.41, 5.74) is 1.87. The van der Waals surface area contributed by atoms with Crippen molar-refractivity contribution in [2.24, 2.45) is 0 Å². The van der Waals surface area contributed by atoms with E-state index in [-0.39, 0.29) is 5.54 Å². The van der Waals surface area contributed by atoms with Gasteiger partial charge in [0, 0.05) is 17.7 Å². The molecule has 0 aromatic carbocycles. The molecular weight excluding hydrogens is 256 g/mol. The van der Waals surface area contributed by atoms with Gasteiger partial charge >= 0.3 is 6.09 Å². The molecule has 1 fully saturated rings. The van der Waals surface area contributed by atoms with Crippen molar-refractivity contribution in [3.63, 3.8) is 0 Å². The van der Waals surface area contributed by atoms with Gasteiger partial charge in [-0.3, -0.25) is 0 Å². The number of aromatic nitrogens is 3. The van der Waals surface area contributed by atoms with Gasteiger partial charge in [0.15, 0.2) is 16.9 Å². The van der Waals surface area contributed by atoms with E-state index in [4.69, 9.17) is 4.74 Å². The lowest BCUT2D eigenvalue weighted by atomic mass is 10.1. The summed E-state index contributed by atoms with van der Waals surface area (Å²) in [6.07, 6.45) is 5.23. The van der Waals surface area contributed by atoms with Crippen molar-refractivity contribution in [1.82, 2.24) is 20.3 Å². The molecule has 0 atom stereocenters. The third-order valence-corrected chi connectivity index (χ3v) is 3.04. The second-order valence-corrected chi connectivity index (χ2v) is 6.18. The summed E-state index contributed by atoms with van der Waals surface area (Å²) in [7, 11) is 0. The van der Waals surface area contributed by atoms with E-state index in [2.05, 4.69) is 20.3 Å². The molecule has 1 saturated carbocycles. The lowest BCUT2D eigenvalue weighted by molar-refractivity contribution is 0.191. The summed E-state index contributed by atoms with van der Waals surface area (Å²) >= 11 is 0. The second-order valence-electron chi connectivity index (χ2n) is 6.18. The lowest BCUT2D eigenvalue weighted by Crippen LogP contribution is -2.42. The van der Waals surface area contributed by atoms with Crippen LogP contribution in [0.15, 0.2) is 12.4 Å². The van der Waals surface area contributed by atoms with Gasteiger partial charge in [-0.1, -0.05) is 0 Å². The monoisotopic (exact) mass is 274 g/mol. The minimum atomic E-state index is -0.489. The molecule has 1 aliphatic rings. The van der Waals surface area contributed by atoms with E-state index < -0.39 is 6.09 Å². The second kappa shape index (κ2) is 4.47. The van der Waals surface area contributed by atoms with Crippen LogP contribution in [0.25, 0.3) is 11.2 Å². The Kier molecular flexibility index (Phi) is 2.88. The summed E-state index contributed by atoms with van der Waals surface area (Å²) < 4.78 is 5.32. The predicted molar refractivity (Wildman–Crippen MR) is 74.8 cm³/mol. The van der Waals surface area contributed by atoms with Crippen LogP contribution in [-0.4, -0.2) is 26.6 Å². The molecule has 0 bridgehead atoms. The Morgan fingerprint density at radius 3 is 2.85 bits per heavy atom. The van der Waals surface area contributed by atoms with E-state index in [0.29, 0.717) is 22.8 Å². The number of nitrogens with one attached hydrogen (secondary N) is 2. The molecule has 2 aromatic heterocycles. The van der Waals surface area contributed by atoms with Gasteiger partial charge in [-0.2, -0.15) is 0 Å². The highest BCUT2D eigenvalue weighted by atomic mass is 16.6.